The van der Waals surface area contributed by atoms with Gasteiger partial charge >= 0.3 is 0 Å². The summed E-state index contributed by atoms with van der Waals surface area (Å²) in [7, 11) is 0. The minimum Gasteiger partial charge on any atom is -0.488 e. The molecule has 1 aromatic rings. The van der Waals surface area contributed by atoms with E-state index in [0.29, 0.717) is 6.54 Å². The first kappa shape index (κ1) is 10.5. The molecule has 1 heterocycles. The fourth-order valence-electron chi connectivity index (χ4n) is 2.06. The minimum absolute atomic E-state index is 0.134. The first-order chi connectivity index (χ1) is 7.02. The quantitative estimate of drug-likeness (QED) is 0.763. The van der Waals surface area contributed by atoms with Gasteiger partial charge in [-0.25, -0.2) is 0 Å². The summed E-state index contributed by atoms with van der Waals surface area (Å²) in [4.78, 5) is 0. The van der Waals surface area contributed by atoms with E-state index >= 15 is 0 Å². The molecule has 0 saturated carbocycles. The molecular weight excluding hydrogens is 186 g/mol. The van der Waals surface area contributed by atoms with Crippen LogP contribution in [0.5, 0.6) is 5.75 Å². The molecule has 0 aliphatic carbocycles. The van der Waals surface area contributed by atoms with Gasteiger partial charge in [-0.15, -0.1) is 0 Å². The Morgan fingerprint density at radius 3 is 2.73 bits per heavy atom. The van der Waals surface area contributed by atoms with E-state index in [0.717, 1.165) is 12.2 Å². The highest BCUT2D eigenvalue weighted by atomic mass is 16.5. The third-order valence-electron chi connectivity index (χ3n) is 2.90. The lowest BCUT2D eigenvalue weighted by molar-refractivity contribution is 0.237. The maximum atomic E-state index is 5.89. The summed E-state index contributed by atoms with van der Waals surface area (Å²) in [5.74, 6) is 1.07. The summed E-state index contributed by atoms with van der Waals surface area (Å²) in [5.41, 5.74) is 8.37. The SMILES string of the molecule is CC(C)(C)c1cccc2c1O[C@H](CN)C2. The molecule has 0 radical (unpaired) electrons. The van der Waals surface area contributed by atoms with Crippen molar-refractivity contribution in [3.05, 3.63) is 29.3 Å². The Kier molecular flexibility index (Phi) is 2.47. The van der Waals surface area contributed by atoms with Crippen LogP contribution in [0, 0.1) is 0 Å². The van der Waals surface area contributed by atoms with Gasteiger partial charge in [-0.1, -0.05) is 39.0 Å². The Bertz CT molecular complexity index is 365. The van der Waals surface area contributed by atoms with Crippen molar-refractivity contribution in [2.24, 2.45) is 5.73 Å². The molecule has 0 unspecified atom stereocenters. The van der Waals surface area contributed by atoms with Crippen molar-refractivity contribution < 1.29 is 4.74 Å². The fraction of sp³-hybridized carbons (Fsp3) is 0.538. The van der Waals surface area contributed by atoms with Gasteiger partial charge in [0, 0.05) is 13.0 Å². The number of para-hydroxylation sites is 1. The number of hydrogen-bond donors (Lipinski definition) is 1. The number of hydrogen-bond acceptors (Lipinski definition) is 2. The summed E-state index contributed by atoms with van der Waals surface area (Å²) >= 11 is 0. The van der Waals surface area contributed by atoms with Crippen LogP contribution in [0.15, 0.2) is 18.2 Å². The molecule has 1 aromatic carbocycles. The zero-order chi connectivity index (χ0) is 11.1. The second-order valence-corrected chi connectivity index (χ2v) is 5.22. The van der Waals surface area contributed by atoms with E-state index in [9.17, 15) is 0 Å². The van der Waals surface area contributed by atoms with E-state index in [2.05, 4.69) is 39.0 Å². The molecule has 1 aliphatic rings. The van der Waals surface area contributed by atoms with Crippen LogP contribution in [-0.2, 0) is 11.8 Å². The van der Waals surface area contributed by atoms with Gasteiger partial charge in [-0.3, -0.25) is 0 Å². The molecule has 2 rings (SSSR count). The third-order valence-corrected chi connectivity index (χ3v) is 2.90. The smallest absolute Gasteiger partial charge is 0.126 e. The molecule has 0 fully saturated rings. The predicted molar refractivity (Wildman–Crippen MR) is 62.3 cm³/mol. The maximum absolute atomic E-state index is 5.89. The number of benzene rings is 1. The molecule has 2 N–H and O–H groups in total. The van der Waals surface area contributed by atoms with Crippen molar-refractivity contribution in [1.82, 2.24) is 0 Å². The summed E-state index contributed by atoms with van der Waals surface area (Å²) in [6.45, 7) is 7.23. The second kappa shape index (κ2) is 3.53. The van der Waals surface area contributed by atoms with Crippen LogP contribution < -0.4 is 10.5 Å². The molecule has 1 atom stereocenters. The normalized spacial score (nSPS) is 19.9. The van der Waals surface area contributed by atoms with Crippen LogP contribution in [0.2, 0.25) is 0 Å². The zero-order valence-electron chi connectivity index (χ0n) is 9.71. The van der Waals surface area contributed by atoms with E-state index in [4.69, 9.17) is 10.5 Å². The minimum atomic E-state index is 0.134. The first-order valence-electron chi connectivity index (χ1n) is 5.51. The number of fused-ring (bicyclic) bond motifs is 1. The molecular formula is C13H19NO. The molecule has 0 aromatic heterocycles. The molecule has 0 saturated heterocycles. The van der Waals surface area contributed by atoms with Crippen molar-refractivity contribution in [3.63, 3.8) is 0 Å². The molecule has 2 heteroatoms. The van der Waals surface area contributed by atoms with Gasteiger partial charge in [0.25, 0.3) is 0 Å². The maximum Gasteiger partial charge on any atom is 0.126 e. The van der Waals surface area contributed by atoms with E-state index in [1.165, 1.54) is 11.1 Å². The van der Waals surface area contributed by atoms with Crippen LogP contribution in [0.1, 0.15) is 31.9 Å². The Morgan fingerprint density at radius 1 is 1.40 bits per heavy atom. The van der Waals surface area contributed by atoms with Crippen molar-refractivity contribution in [2.45, 2.75) is 38.7 Å². The van der Waals surface area contributed by atoms with E-state index in [1.807, 2.05) is 0 Å². The molecule has 2 nitrogen and oxygen atoms in total. The van der Waals surface area contributed by atoms with Crippen LogP contribution >= 0.6 is 0 Å². The first-order valence-corrected chi connectivity index (χ1v) is 5.51. The predicted octanol–water partition coefficient (Wildman–Crippen LogP) is 2.25. The highest BCUT2D eigenvalue weighted by Crippen LogP contribution is 2.38. The Hall–Kier alpha value is -1.02. The van der Waals surface area contributed by atoms with Gasteiger partial charge in [-0.05, 0) is 16.5 Å². The van der Waals surface area contributed by atoms with Gasteiger partial charge in [0.1, 0.15) is 11.9 Å². The Balaban J connectivity index is 2.42. The molecule has 1 aliphatic heterocycles. The van der Waals surface area contributed by atoms with Gasteiger partial charge in [0.05, 0.1) is 0 Å². The van der Waals surface area contributed by atoms with E-state index in [-0.39, 0.29) is 11.5 Å². The van der Waals surface area contributed by atoms with Crippen LogP contribution in [0.25, 0.3) is 0 Å². The number of nitrogens with two attached hydrogens (primary N) is 1. The highest BCUT2D eigenvalue weighted by molar-refractivity contribution is 5.47. The number of ether oxygens (including phenoxy) is 1. The summed E-state index contributed by atoms with van der Waals surface area (Å²) in [5, 5.41) is 0. The van der Waals surface area contributed by atoms with Gasteiger partial charge in [0.2, 0.25) is 0 Å². The fourth-order valence-corrected chi connectivity index (χ4v) is 2.06. The van der Waals surface area contributed by atoms with Crippen molar-refractivity contribution in [2.75, 3.05) is 6.54 Å². The molecule has 0 bridgehead atoms. The van der Waals surface area contributed by atoms with Gasteiger partial charge in [-0.2, -0.15) is 0 Å². The van der Waals surface area contributed by atoms with Crippen LogP contribution in [0.3, 0.4) is 0 Å². The van der Waals surface area contributed by atoms with Crippen LogP contribution in [-0.4, -0.2) is 12.6 Å². The summed E-state index contributed by atoms with van der Waals surface area (Å²) < 4.78 is 5.89. The third kappa shape index (κ3) is 1.86. The monoisotopic (exact) mass is 205 g/mol. The summed E-state index contributed by atoms with van der Waals surface area (Å²) in [6.07, 6.45) is 1.12. The van der Waals surface area contributed by atoms with Gasteiger partial charge in [0.15, 0.2) is 0 Å². The molecule has 82 valence electrons. The lowest BCUT2D eigenvalue weighted by Crippen LogP contribution is -2.24. The van der Waals surface area contributed by atoms with Crippen LogP contribution in [0.4, 0.5) is 0 Å². The molecule has 15 heavy (non-hydrogen) atoms. The van der Waals surface area contributed by atoms with Crippen molar-refractivity contribution >= 4 is 0 Å². The molecule has 0 spiro atoms. The lowest BCUT2D eigenvalue weighted by atomic mass is 9.85. The van der Waals surface area contributed by atoms with Crippen molar-refractivity contribution in [3.8, 4) is 5.75 Å². The largest absolute Gasteiger partial charge is 0.488 e. The molecule has 0 amide bonds. The Labute approximate surface area is 91.4 Å². The topological polar surface area (TPSA) is 35.2 Å². The van der Waals surface area contributed by atoms with E-state index < -0.39 is 0 Å². The van der Waals surface area contributed by atoms with Crippen molar-refractivity contribution in [1.29, 1.82) is 0 Å². The average Bonchev–Trinajstić information content (AvgIpc) is 2.57. The standard InChI is InChI=1S/C13H19NO/c1-13(2,3)11-6-4-5-9-7-10(8-14)15-12(9)11/h4-6,10H,7-8,14H2,1-3H3/t10-/m0/s1. The highest BCUT2D eigenvalue weighted by Gasteiger charge is 2.28. The van der Waals surface area contributed by atoms with Gasteiger partial charge < -0.3 is 10.5 Å². The summed E-state index contributed by atoms with van der Waals surface area (Å²) in [6, 6.07) is 6.40. The number of rotatable bonds is 1. The second-order valence-electron chi connectivity index (χ2n) is 5.22. The van der Waals surface area contributed by atoms with E-state index in [1.54, 1.807) is 0 Å². The average molecular weight is 205 g/mol. The lowest BCUT2D eigenvalue weighted by Gasteiger charge is -2.22. The zero-order valence-corrected chi connectivity index (χ0v) is 9.71. The Morgan fingerprint density at radius 2 is 2.13 bits per heavy atom.